The van der Waals surface area contributed by atoms with Gasteiger partial charge < -0.3 is 14.4 Å². The molecule has 1 amide bonds. The van der Waals surface area contributed by atoms with Crippen LogP contribution in [0.1, 0.15) is 18.1 Å². The van der Waals surface area contributed by atoms with E-state index in [4.69, 9.17) is 9.47 Å². The summed E-state index contributed by atoms with van der Waals surface area (Å²) in [6.45, 7) is 2.52. The summed E-state index contributed by atoms with van der Waals surface area (Å²) in [6.07, 6.45) is 5.85. The average Bonchev–Trinajstić information content (AvgIpc) is 3.23. The number of benzene rings is 2. The molecule has 6 heteroatoms. The lowest BCUT2D eigenvalue weighted by atomic mass is 9.98. The average molecular weight is 397 g/mol. The second-order valence-electron chi connectivity index (χ2n) is 6.54. The highest BCUT2D eigenvalue weighted by Gasteiger charge is 2.52. The Balaban J connectivity index is 1.78. The van der Waals surface area contributed by atoms with Crippen LogP contribution >= 0.6 is 11.8 Å². The molecule has 2 aliphatic heterocycles. The van der Waals surface area contributed by atoms with Crippen LogP contribution in [0.4, 0.5) is 10.1 Å². The van der Waals surface area contributed by atoms with Crippen LogP contribution in [0.3, 0.4) is 0 Å². The molecule has 2 aromatic carbocycles. The standard InChI is InChI=1S/C22H20FNO3S/c1-4-24-18-13-20(27-3)19(26-2)12-17(18)22(21(24)25)10-9-16(28-22)11-14-5-7-15(23)8-6-14/h5-13H,4H2,1-3H3/b16-11-. The Hall–Kier alpha value is -2.73. The van der Waals surface area contributed by atoms with E-state index in [1.54, 1.807) is 31.3 Å². The number of hydrogen-bond donors (Lipinski definition) is 0. The molecule has 0 fully saturated rings. The summed E-state index contributed by atoms with van der Waals surface area (Å²) < 4.78 is 23.2. The molecule has 1 unspecified atom stereocenters. The number of halogens is 1. The molecule has 0 bridgehead atoms. The number of likely N-dealkylation sites (N-methyl/N-ethyl adjacent to an activating group) is 1. The summed E-state index contributed by atoms with van der Waals surface area (Å²) in [5.41, 5.74) is 2.61. The van der Waals surface area contributed by atoms with E-state index in [2.05, 4.69) is 0 Å². The molecule has 2 heterocycles. The van der Waals surface area contributed by atoms with Crippen molar-refractivity contribution < 1.29 is 18.7 Å². The molecule has 4 nitrogen and oxygen atoms in total. The monoisotopic (exact) mass is 397 g/mol. The minimum atomic E-state index is -0.823. The zero-order valence-electron chi connectivity index (χ0n) is 15.9. The number of ether oxygens (including phenoxy) is 2. The van der Waals surface area contributed by atoms with Gasteiger partial charge in [-0.2, -0.15) is 0 Å². The number of nitrogens with zero attached hydrogens (tertiary/aromatic N) is 1. The van der Waals surface area contributed by atoms with Crippen molar-refractivity contribution in [3.05, 3.63) is 70.4 Å². The topological polar surface area (TPSA) is 38.8 Å². The van der Waals surface area contributed by atoms with Crippen LogP contribution in [0.15, 0.2) is 53.5 Å². The van der Waals surface area contributed by atoms with Crippen LogP contribution in [0.5, 0.6) is 11.5 Å². The van der Waals surface area contributed by atoms with Crippen molar-refractivity contribution in [3.63, 3.8) is 0 Å². The first-order chi connectivity index (χ1) is 13.5. The summed E-state index contributed by atoms with van der Waals surface area (Å²) in [4.78, 5) is 16.1. The minimum Gasteiger partial charge on any atom is -0.493 e. The highest BCUT2D eigenvalue weighted by atomic mass is 32.2. The molecule has 0 aliphatic carbocycles. The molecule has 28 heavy (non-hydrogen) atoms. The van der Waals surface area contributed by atoms with Gasteiger partial charge in [0, 0.05) is 23.1 Å². The summed E-state index contributed by atoms with van der Waals surface area (Å²) >= 11 is 1.49. The Labute approximate surface area is 167 Å². The number of rotatable bonds is 4. The highest BCUT2D eigenvalue weighted by Crippen LogP contribution is 2.58. The normalized spacial score (nSPS) is 21.6. The van der Waals surface area contributed by atoms with E-state index in [1.165, 1.54) is 23.9 Å². The van der Waals surface area contributed by atoms with Gasteiger partial charge in [-0.25, -0.2) is 4.39 Å². The summed E-state index contributed by atoms with van der Waals surface area (Å²) in [7, 11) is 3.17. The Kier molecular flexibility index (Phi) is 4.67. The predicted molar refractivity (Wildman–Crippen MR) is 110 cm³/mol. The maximum absolute atomic E-state index is 13.4. The van der Waals surface area contributed by atoms with Crippen molar-refractivity contribution in [2.45, 2.75) is 11.7 Å². The molecule has 0 saturated carbocycles. The number of fused-ring (bicyclic) bond motifs is 2. The molecule has 0 N–H and O–H groups in total. The fraction of sp³-hybridized carbons (Fsp3) is 0.227. The van der Waals surface area contributed by atoms with Gasteiger partial charge in [0.2, 0.25) is 0 Å². The maximum atomic E-state index is 13.4. The van der Waals surface area contributed by atoms with Crippen molar-refractivity contribution in [3.8, 4) is 11.5 Å². The SMILES string of the molecule is CCN1C(=O)C2(C=C/C(=C/c3ccc(F)cc3)S2)c2cc(OC)c(OC)cc21. The molecule has 4 rings (SSSR count). The quantitative estimate of drug-likeness (QED) is 0.746. The zero-order chi connectivity index (χ0) is 19.9. The number of amides is 1. The van der Waals surface area contributed by atoms with E-state index >= 15 is 0 Å². The van der Waals surface area contributed by atoms with Crippen molar-refractivity contribution in [2.75, 3.05) is 25.7 Å². The van der Waals surface area contributed by atoms with Gasteiger partial charge in [-0.05, 0) is 36.8 Å². The Morgan fingerprint density at radius 2 is 1.82 bits per heavy atom. The van der Waals surface area contributed by atoms with Crippen LogP contribution in [0, 0.1) is 5.82 Å². The highest BCUT2D eigenvalue weighted by molar-refractivity contribution is 8.05. The van der Waals surface area contributed by atoms with Crippen molar-refractivity contribution in [2.24, 2.45) is 0 Å². The zero-order valence-corrected chi connectivity index (χ0v) is 16.7. The van der Waals surface area contributed by atoms with Gasteiger partial charge in [0.05, 0.1) is 19.9 Å². The molecule has 0 radical (unpaired) electrons. The number of anilines is 1. The van der Waals surface area contributed by atoms with Gasteiger partial charge in [-0.15, -0.1) is 0 Å². The molecule has 1 spiro atoms. The van der Waals surface area contributed by atoms with Gasteiger partial charge in [0.1, 0.15) is 10.6 Å². The minimum absolute atomic E-state index is 0.0177. The molecule has 2 aromatic rings. The molecular formula is C22H20FNO3S. The third kappa shape index (κ3) is 2.79. The Bertz CT molecular complexity index is 1000. The number of allylic oxidation sites excluding steroid dienone is 1. The van der Waals surface area contributed by atoms with Gasteiger partial charge in [-0.3, -0.25) is 4.79 Å². The number of thioether (sulfide) groups is 1. The van der Waals surface area contributed by atoms with Gasteiger partial charge in [-0.1, -0.05) is 36.0 Å². The third-order valence-electron chi connectivity index (χ3n) is 5.01. The first kappa shape index (κ1) is 18.6. The number of carbonyl (C=O) groups excluding carboxylic acids is 1. The van der Waals surface area contributed by atoms with E-state index < -0.39 is 4.75 Å². The first-order valence-corrected chi connectivity index (χ1v) is 9.78. The molecular weight excluding hydrogens is 377 g/mol. The third-order valence-corrected chi connectivity index (χ3v) is 6.35. The van der Waals surface area contributed by atoms with Crippen LogP contribution in [0.2, 0.25) is 0 Å². The first-order valence-electron chi connectivity index (χ1n) is 8.96. The second kappa shape index (κ2) is 7.02. The van der Waals surface area contributed by atoms with Crippen molar-refractivity contribution in [1.82, 2.24) is 0 Å². The Morgan fingerprint density at radius 3 is 2.46 bits per heavy atom. The summed E-state index contributed by atoms with van der Waals surface area (Å²) in [5, 5.41) is 0. The fourth-order valence-corrected chi connectivity index (χ4v) is 4.95. The number of hydrogen-bond acceptors (Lipinski definition) is 4. The van der Waals surface area contributed by atoms with Gasteiger partial charge in [0.25, 0.3) is 5.91 Å². The van der Waals surface area contributed by atoms with E-state index in [0.29, 0.717) is 18.0 Å². The largest absolute Gasteiger partial charge is 0.493 e. The molecule has 2 aliphatic rings. The predicted octanol–water partition coefficient (Wildman–Crippen LogP) is 4.75. The van der Waals surface area contributed by atoms with Crippen molar-refractivity contribution >= 4 is 29.4 Å². The van der Waals surface area contributed by atoms with Crippen LogP contribution in [-0.2, 0) is 9.54 Å². The van der Waals surface area contributed by atoms with Crippen LogP contribution in [-0.4, -0.2) is 26.7 Å². The molecule has 0 saturated heterocycles. The summed E-state index contributed by atoms with van der Waals surface area (Å²) in [6, 6.07) is 10.0. The number of methoxy groups -OCH3 is 2. The van der Waals surface area contributed by atoms with Crippen LogP contribution < -0.4 is 14.4 Å². The lowest BCUT2D eigenvalue weighted by Gasteiger charge is -2.21. The van der Waals surface area contributed by atoms with E-state index in [-0.39, 0.29) is 11.7 Å². The molecule has 0 aromatic heterocycles. The fourth-order valence-electron chi connectivity index (χ4n) is 3.64. The molecule has 1 atom stereocenters. The smallest absolute Gasteiger partial charge is 0.252 e. The maximum Gasteiger partial charge on any atom is 0.252 e. The lowest BCUT2D eigenvalue weighted by Crippen LogP contribution is -2.35. The van der Waals surface area contributed by atoms with Gasteiger partial charge in [0.15, 0.2) is 11.5 Å². The van der Waals surface area contributed by atoms with E-state index in [9.17, 15) is 9.18 Å². The van der Waals surface area contributed by atoms with Crippen molar-refractivity contribution in [1.29, 1.82) is 0 Å². The summed E-state index contributed by atoms with van der Waals surface area (Å²) in [5.74, 6) is 0.937. The Morgan fingerprint density at radius 1 is 1.14 bits per heavy atom. The van der Waals surface area contributed by atoms with Gasteiger partial charge >= 0.3 is 0 Å². The second-order valence-corrected chi connectivity index (χ2v) is 7.86. The van der Waals surface area contributed by atoms with E-state index in [0.717, 1.165) is 21.7 Å². The van der Waals surface area contributed by atoms with Crippen LogP contribution in [0.25, 0.3) is 6.08 Å². The molecule has 144 valence electrons. The number of carbonyl (C=O) groups is 1. The lowest BCUT2D eigenvalue weighted by molar-refractivity contribution is -0.119. The van der Waals surface area contributed by atoms with E-state index in [1.807, 2.05) is 37.3 Å².